The number of amides is 1. The molecule has 0 bridgehead atoms. The van der Waals surface area contributed by atoms with Crippen LogP contribution in [0.25, 0.3) is 0 Å². The van der Waals surface area contributed by atoms with Crippen LogP contribution >= 0.6 is 0 Å². The summed E-state index contributed by atoms with van der Waals surface area (Å²) in [6, 6.07) is 8.70. The summed E-state index contributed by atoms with van der Waals surface area (Å²) in [5, 5.41) is 6.52. The number of fused-ring (bicyclic) bond motifs is 1. The molecule has 1 aromatic carbocycles. The molecule has 1 unspecified atom stereocenters. The molecule has 1 amide bonds. The van der Waals surface area contributed by atoms with Gasteiger partial charge in [-0.2, -0.15) is 0 Å². The molecular weight excluding hydrogens is 312 g/mol. The van der Waals surface area contributed by atoms with Gasteiger partial charge in [-0.1, -0.05) is 38.1 Å². The van der Waals surface area contributed by atoms with Gasteiger partial charge >= 0.3 is 0 Å². The Morgan fingerprint density at radius 1 is 1.20 bits per heavy atom. The molecule has 5 nitrogen and oxygen atoms in total. The molecule has 1 heterocycles. The average Bonchev–Trinajstić information content (AvgIpc) is 2.62. The molecule has 0 radical (unpaired) electrons. The lowest BCUT2D eigenvalue weighted by Gasteiger charge is -2.29. The monoisotopic (exact) mass is 344 g/mol. The first kappa shape index (κ1) is 19.3. The van der Waals surface area contributed by atoms with Crippen molar-refractivity contribution in [3.8, 4) is 0 Å². The molecule has 2 N–H and O–H groups in total. The lowest BCUT2D eigenvalue weighted by atomic mass is 10.00. The molecule has 138 valence electrons. The van der Waals surface area contributed by atoms with Crippen LogP contribution in [0.15, 0.2) is 29.3 Å². The standard InChI is InChI=1S/C20H32N4O/c1-15(2)9-10-16(3)23-20(21-4)22-13-19(25)24-12-11-17-7-5-6-8-18(17)14-24/h5-8,15-16H,9-14H2,1-4H3,(H2,21,22,23). The predicted octanol–water partition coefficient (Wildman–Crippen LogP) is 2.56. The molecular formula is C20H32N4O. The topological polar surface area (TPSA) is 56.7 Å². The van der Waals surface area contributed by atoms with Gasteiger partial charge in [-0.3, -0.25) is 9.79 Å². The predicted molar refractivity (Wildman–Crippen MR) is 104 cm³/mol. The zero-order chi connectivity index (χ0) is 18.2. The molecule has 0 saturated heterocycles. The van der Waals surface area contributed by atoms with Crippen LogP contribution in [0.5, 0.6) is 0 Å². The molecule has 0 spiro atoms. The third-order valence-corrected chi connectivity index (χ3v) is 4.67. The number of hydrogen-bond donors (Lipinski definition) is 2. The van der Waals surface area contributed by atoms with Crippen LogP contribution in [0.3, 0.4) is 0 Å². The largest absolute Gasteiger partial charge is 0.354 e. The van der Waals surface area contributed by atoms with Crippen molar-refractivity contribution in [2.24, 2.45) is 10.9 Å². The highest BCUT2D eigenvalue weighted by atomic mass is 16.2. The summed E-state index contributed by atoms with van der Waals surface area (Å²) in [5.74, 6) is 1.51. The van der Waals surface area contributed by atoms with Crippen molar-refractivity contribution in [1.82, 2.24) is 15.5 Å². The molecule has 5 heteroatoms. The van der Waals surface area contributed by atoms with Crippen molar-refractivity contribution in [1.29, 1.82) is 0 Å². The fourth-order valence-electron chi connectivity index (χ4n) is 3.06. The Kier molecular flexibility index (Phi) is 7.29. The SMILES string of the molecule is CN=C(NCC(=O)N1CCc2ccccc2C1)NC(C)CCC(C)C. The Bertz CT molecular complexity index is 597. The van der Waals surface area contributed by atoms with Crippen LogP contribution in [0.1, 0.15) is 44.7 Å². The molecule has 0 saturated carbocycles. The molecule has 1 aromatic rings. The highest BCUT2D eigenvalue weighted by molar-refractivity contribution is 5.86. The minimum absolute atomic E-state index is 0.118. The van der Waals surface area contributed by atoms with E-state index in [2.05, 4.69) is 54.6 Å². The number of aliphatic imine (C=N–C) groups is 1. The summed E-state index contributed by atoms with van der Waals surface area (Å²) in [6.45, 7) is 8.38. The minimum Gasteiger partial charge on any atom is -0.354 e. The number of guanidine groups is 1. The molecule has 1 atom stereocenters. The van der Waals surface area contributed by atoms with E-state index in [1.165, 1.54) is 17.5 Å². The van der Waals surface area contributed by atoms with Crippen LogP contribution in [0, 0.1) is 5.92 Å². The van der Waals surface area contributed by atoms with Gasteiger partial charge in [-0.05, 0) is 43.2 Å². The van der Waals surface area contributed by atoms with Crippen molar-refractivity contribution >= 4 is 11.9 Å². The van der Waals surface area contributed by atoms with Gasteiger partial charge in [0.2, 0.25) is 5.91 Å². The van der Waals surface area contributed by atoms with Crippen molar-refractivity contribution in [2.75, 3.05) is 20.1 Å². The number of nitrogens with one attached hydrogen (secondary N) is 2. The highest BCUT2D eigenvalue weighted by Gasteiger charge is 2.20. The van der Waals surface area contributed by atoms with Gasteiger partial charge in [0, 0.05) is 26.2 Å². The van der Waals surface area contributed by atoms with Crippen LogP contribution in [0.4, 0.5) is 0 Å². The molecule has 0 aliphatic carbocycles. The number of carbonyl (C=O) groups excluding carboxylic acids is 1. The second-order valence-electron chi connectivity index (χ2n) is 7.28. The number of rotatable bonds is 6. The number of benzene rings is 1. The van der Waals surface area contributed by atoms with Crippen LogP contribution in [-0.4, -0.2) is 42.9 Å². The summed E-state index contributed by atoms with van der Waals surface area (Å²) in [4.78, 5) is 18.7. The molecule has 1 aliphatic rings. The molecule has 0 aromatic heterocycles. The zero-order valence-electron chi connectivity index (χ0n) is 16.0. The maximum atomic E-state index is 12.5. The van der Waals surface area contributed by atoms with Gasteiger partial charge in [-0.25, -0.2) is 0 Å². The quantitative estimate of drug-likeness (QED) is 0.616. The zero-order valence-corrected chi connectivity index (χ0v) is 16.0. The molecule has 2 rings (SSSR count). The van der Waals surface area contributed by atoms with Gasteiger partial charge in [0.05, 0.1) is 6.54 Å². The van der Waals surface area contributed by atoms with E-state index in [4.69, 9.17) is 0 Å². The van der Waals surface area contributed by atoms with E-state index >= 15 is 0 Å². The lowest BCUT2D eigenvalue weighted by molar-refractivity contribution is -0.130. The van der Waals surface area contributed by atoms with Crippen molar-refractivity contribution in [3.63, 3.8) is 0 Å². The first-order valence-electron chi connectivity index (χ1n) is 9.31. The summed E-state index contributed by atoms with van der Waals surface area (Å²) in [7, 11) is 1.74. The lowest BCUT2D eigenvalue weighted by Crippen LogP contribution is -2.47. The maximum Gasteiger partial charge on any atom is 0.242 e. The van der Waals surface area contributed by atoms with Crippen molar-refractivity contribution in [2.45, 2.75) is 52.6 Å². The summed E-state index contributed by atoms with van der Waals surface area (Å²) < 4.78 is 0. The number of hydrogen-bond acceptors (Lipinski definition) is 2. The fourth-order valence-corrected chi connectivity index (χ4v) is 3.06. The van der Waals surface area contributed by atoms with E-state index in [1.54, 1.807) is 7.05 Å². The normalized spacial score (nSPS) is 15.7. The van der Waals surface area contributed by atoms with Crippen LogP contribution in [-0.2, 0) is 17.8 Å². The fraction of sp³-hybridized carbons (Fsp3) is 0.600. The molecule has 25 heavy (non-hydrogen) atoms. The highest BCUT2D eigenvalue weighted by Crippen LogP contribution is 2.18. The number of carbonyl (C=O) groups is 1. The third kappa shape index (κ3) is 6.07. The Morgan fingerprint density at radius 2 is 1.92 bits per heavy atom. The van der Waals surface area contributed by atoms with E-state index in [-0.39, 0.29) is 12.5 Å². The van der Waals surface area contributed by atoms with E-state index in [9.17, 15) is 4.79 Å². The first-order chi connectivity index (χ1) is 12.0. The van der Waals surface area contributed by atoms with E-state index in [0.717, 1.165) is 19.4 Å². The summed E-state index contributed by atoms with van der Waals surface area (Å²) >= 11 is 0. The number of nitrogens with zero attached hydrogens (tertiary/aromatic N) is 2. The van der Waals surface area contributed by atoms with Gasteiger partial charge in [-0.15, -0.1) is 0 Å². The summed E-state index contributed by atoms with van der Waals surface area (Å²) in [6.07, 6.45) is 3.20. The van der Waals surface area contributed by atoms with E-state index in [1.807, 2.05) is 11.0 Å². The average molecular weight is 345 g/mol. The van der Waals surface area contributed by atoms with Gasteiger partial charge < -0.3 is 15.5 Å². The van der Waals surface area contributed by atoms with Crippen molar-refractivity contribution < 1.29 is 4.79 Å². The second-order valence-corrected chi connectivity index (χ2v) is 7.28. The molecule has 0 fully saturated rings. The first-order valence-corrected chi connectivity index (χ1v) is 9.31. The van der Waals surface area contributed by atoms with E-state index in [0.29, 0.717) is 24.5 Å². The van der Waals surface area contributed by atoms with Gasteiger partial charge in [0.25, 0.3) is 0 Å². The van der Waals surface area contributed by atoms with E-state index < -0.39 is 0 Å². The Morgan fingerprint density at radius 3 is 2.60 bits per heavy atom. The Balaban J connectivity index is 1.78. The minimum atomic E-state index is 0.118. The maximum absolute atomic E-state index is 12.5. The van der Waals surface area contributed by atoms with Crippen LogP contribution in [0.2, 0.25) is 0 Å². The second kappa shape index (κ2) is 9.44. The van der Waals surface area contributed by atoms with Crippen molar-refractivity contribution in [3.05, 3.63) is 35.4 Å². The Hall–Kier alpha value is -2.04. The Labute approximate surface area is 151 Å². The van der Waals surface area contributed by atoms with Gasteiger partial charge in [0.1, 0.15) is 0 Å². The summed E-state index contributed by atoms with van der Waals surface area (Å²) in [5.41, 5.74) is 2.61. The van der Waals surface area contributed by atoms with Crippen LogP contribution < -0.4 is 10.6 Å². The third-order valence-electron chi connectivity index (χ3n) is 4.67. The molecule has 1 aliphatic heterocycles. The smallest absolute Gasteiger partial charge is 0.242 e. The van der Waals surface area contributed by atoms with Gasteiger partial charge in [0.15, 0.2) is 5.96 Å².